The van der Waals surface area contributed by atoms with Crippen molar-refractivity contribution >= 4 is 11.9 Å². The highest BCUT2D eigenvalue weighted by molar-refractivity contribution is 5.85. The molecular formula is C11H9NO4. The summed E-state index contributed by atoms with van der Waals surface area (Å²) in [6.07, 6.45) is 1.33. The van der Waals surface area contributed by atoms with Gasteiger partial charge in [0.25, 0.3) is 0 Å². The number of aromatic carboxylic acids is 1. The van der Waals surface area contributed by atoms with E-state index in [1.165, 1.54) is 19.4 Å². The summed E-state index contributed by atoms with van der Waals surface area (Å²) in [5.41, 5.74) is 0.418. The van der Waals surface area contributed by atoms with Crippen molar-refractivity contribution in [2.75, 3.05) is 7.11 Å². The van der Waals surface area contributed by atoms with E-state index in [9.17, 15) is 9.59 Å². The number of hydrogen-bond donors (Lipinski definition) is 1. The van der Waals surface area contributed by atoms with E-state index in [1.54, 1.807) is 6.07 Å². The molecule has 16 heavy (non-hydrogen) atoms. The first-order valence-corrected chi connectivity index (χ1v) is 4.38. The quantitative estimate of drug-likeness (QED) is 0.585. The van der Waals surface area contributed by atoms with Crippen LogP contribution in [0.25, 0.3) is 0 Å². The normalized spacial score (nSPS) is 8.81. The molecule has 0 aliphatic rings. The zero-order chi connectivity index (χ0) is 12.0. The predicted octanol–water partition coefficient (Wildman–Crippen LogP) is 0.694. The van der Waals surface area contributed by atoms with E-state index in [-0.39, 0.29) is 12.1 Å². The molecule has 0 aliphatic heterocycles. The number of carboxylic acid groups (broad SMARTS) is 1. The Bertz CT molecular complexity index is 470. The minimum Gasteiger partial charge on any atom is -0.477 e. The fourth-order valence-electron chi connectivity index (χ4n) is 0.916. The van der Waals surface area contributed by atoms with Gasteiger partial charge in [-0.3, -0.25) is 4.79 Å². The summed E-state index contributed by atoms with van der Waals surface area (Å²) in [5, 5.41) is 8.68. The van der Waals surface area contributed by atoms with Gasteiger partial charge in [-0.05, 0) is 12.1 Å². The maximum atomic E-state index is 10.7. The Morgan fingerprint density at radius 2 is 2.31 bits per heavy atom. The van der Waals surface area contributed by atoms with Crippen LogP contribution in [0.5, 0.6) is 0 Å². The third kappa shape index (κ3) is 3.42. The fraction of sp³-hybridized carbons (Fsp3) is 0.182. The summed E-state index contributed by atoms with van der Waals surface area (Å²) < 4.78 is 4.40. The van der Waals surface area contributed by atoms with Crippen LogP contribution in [0.2, 0.25) is 0 Å². The number of esters is 1. The lowest BCUT2D eigenvalue weighted by molar-refractivity contribution is -0.139. The van der Waals surface area contributed by atoms with Crippen molar-refractivity contribution in [3.63, 3.8) is 0 Å². The molecule has 0 aliphatic carbocycles. The summed E-state index contributed by atoms with van der Waals surface area (Å²) in [7, 11) is 1.28. The van der Waals surface area contributed by atoms with Crippen molar-refractivity contribution in [3.8, 4) is 11.8 Å². The molecule has 1 rings (SSSR count). The van der Waals surface area contributed by atoms with Crippen molar-refractivity contribution in [3.05, 3.63) is 29.6 Å². The number of aromatic nitrogens is 1. The zero-order valence-corrected chi connectivity index (χ0v) is 8.56. The Labute approximate surface area is 92.1 Å². The number of carbonyl (C=O) groups excluding carboxylic acids is 1. The standard InChI is InChI=1S/C11H9NO4/c1-16-10(13)4-2-3-8-5-6-12-9(7-8)11(14)15/h5-7H,4H2,1H3,(H,14,15). The number of methoxy groups -OCH3 is 1. The van der Waals surface area contributed by atoms with Crippen molar-refractivity contribution in [2.24, 2.45) is 0 Å². The molecule has 1 N–H and O–H groups in total. The molecule has 5 heteroatoms. The second-order valence-electron chi connectivity index (χ2n) is 2.79. The van der Waals surface area contributed by atoms with Crippen molar-refractivity contribution in [1.82, 2.24) is 4.98 Å². The minimum atomic E-state index is -1.11. The van der Waals surface area contributed by atoms with Gasteiger partial charge in [0.05, 0.1) is 7.11 Å². The van der Waals surface area contributed by atoms with Gasteiger partial charge in [-0.25, -0.2) is 9.78 Å². The summed E-state index contributed by atoms with van der Waals surface area (Å²) in [4.78, 5) is 25.0. The molecule has 0 saturated carbocycles. The number of ether oxygens (including phenoxy) is 1. The predicted molar refractivity (Wildman–Crippen MR) is 54.7 cm³/mol. The van der Waals surface area contributed by atoms with E-state index in [0.29, 0.717) is 5.56 Å². The van der Waals surface area contributed by atoms with Crippen molar-refractivity contribution in [1.29, 1.82) is 0 Å². The largest absolute Gasteiger partial charge is 0.477 e. The first kappa shape index (κ1) is 11.7. The highest BCUT2D eigenvalue weighted by Gasteiger charge is 2.03. The van der Waals surface area contributed by atoms with Gasteiger partial charge in [-0.1, -0.05) is 11.8 Å². The molecular weight excluding hydrogens is 210 g/mol. The van der Waals surface area contributed by atoms with Gasteiger partial charge in [-0.15, -0.1) is 0 Å². The summed E-state index contributed by atoms with van der Waals surface area (Å²) in [6, 6.07) is 2.91. The first-order chi connectivity index (χ1) is 7.63. The lowest BCUT2D eigenvalue weighted by Crippen LogP contribution is -2.00. The van der Waals surface area contributed by atoms with Crippen LogP contribution in [0.4, 0.5) is 0 Å². The Balaban J connectivity index is 2.77. The Hall–Kier alpha value is -2.35. The number of nitrogens with zero attached hydrogens (tertiary/aromatic N) is 1. The van der Waals surface area contributed by atoms with Gasteiger partial charge >= 0.3 is 11.9 Å². The van der Waals surface area contributed by atoms with Crippen LogP contribution in [-0.2, 0) is 9.53 Å². The molecule has 0 radical (unpaired) electrons. The minimum absolute atomic E-state index is 0.0266. The molecule has 0 saturated heterocycles. The van der Waals surface area contributed by atoms with Crippen LogP contribution >= 0.6 is 0 Å². The van der Waals surface area contributed by atoms with E-state index in [1.807, 2.05) is 0 Å². The van der Waals surface area contributed by atoms with Crippen LogP contribution in [0, 0.1) is 11.8 Å². The van der Waals surface area contributed by atoms with Crippen LogP contribution in [0.15, 0.2) is 18.3 Å². The van der Waals surface area contributed by atoms with E-state index >= 15 is 0 Å². The summed E-state index contributed by atoms with van der Waals surface area (Å²) >= 11 is 0. The monoisotopic (exact) mass is 219 g/mol. The van der Waals surface area contributed by atoms with Crippen LogP contribution < -0.4 is 0 Å². The van der Waals surface area contributed by atoms with Gasteiger partial charge in [0.15, 0.2) is 0 Å². The number of carboxylic acids is 1. The van der Waals surface area contributed by atoms with Crippen molar-refractivity contribution < 1.29 is 19.4 Å². The summed E-state index contributed by atoms with van der Waals surface area (Å²) in [6.45, 7) is 0. The molecule has 1 heterocycles. The molecule has 0 fully saturated rings. The Morgan fingerprint density at radius 3 is 2.94 bits per heavy atom. The molecule has 0 spiro atoms. The number of carbonyl (C=O) groups is 2. The second kappa shape index (κ2) is 5.51. The Kier molecular flexibility index (Phi) is 4.04. The molecule has 0 atom stereocenters. The highest BCUT2D eigenvalue weighted by atomic mass is 16.5. The molecule has 0 bridgehead atoms. The molecule has 82 valence electrons. The van der Waals surface area contributed by atoms with E-state index in [0.717, 1.165) is 0 Å². The van der Waals surface area contributed by atoms with Crippen LogP contribution in [0.3, 0.4) is 0 Å². The molecule has 1 aromatic rings. The number of pyridine rings is 1. The lowest BCUT2D eigenvalue weighted by atomic mass is 10.2. The average molecular weight is 219 g/mol. The molecule has 0 amide bonds. The summed E-state index contributed by atoms with van der Waals surface area (Å²) in [5.74, 6) is 3.68. The molecule has 0 aromatic carbocycles. The fourth-order valence-corrected chi connectivity index (χ4v) is 0.916. The van der Waals surface area contributed by atoms with Crippen LogP contribution in [0.1, 0.15) is 22.5 Å². The van der Waals surface area contributed by atoms with E-state index < -0.39 is 11.9 Å². The SMILES string of the molecule is COC(=O)CC#Cc1ccnc(C(=O)O)c1. The molecule has 1 aromatic heterocycles. The van der Waals surface area contributed by atoms with Gasteiger partial charge < -0.3 is 9.84 Å². The Morgan fingerprint density at radius 1 is 1.56 bits per heavy atom. The van der Waals surface area contributed by atoms with Gasteiger partial charge in [-0.2, -0.15) is 0 Å². The third-order valence-electron chi connectivity index (χ3n) is 1.67. The second-order valence-corrected chi connectivity index (χ2v) is 2.79. The third-order valence-corrected chi connectivity index (χ3v) is 1.67. The lowest BCUT2D eigenvalue weighted by Gasteiger charge is -1.93. The zero-order valence-electron chi connectivity index (χ0n) is 8.56. The number of rotatable bonds is 2. The van der Waals surface area contributed by atoms with Gasteiger partial charge in [0.2, 0.25) is 0 Å². The molecule has 0 unspecified atom stereocenters. The van der Waals surface area contributed by atoms with Crippen molar-refractivity contribution in [2.45, 2.75) is 6.42 Å². The number of hydrogen-bond acceptors (Lipinski definition) is 4. The van der Waals surface area contributed by atoms with E-state index in [2.05, 4.69) is 21.6 Å². The van der Waals surface area contributed by atoms with E-state index in [4.69, 9.17) is 5.11 Å². The molecule has 5 nitrogen and oxygen atoms in total. The van der Waals surface area contributed by atoms with Gasteiger partial charge in [0, 0.05) is 11.8 Å². The average Bonchev–Trinajstić information content (AvgIpc) is 2.29. The maximum absolute atomic E-state index is 10.7. The van der Waals surface area contributed by atoms with Crippen LogP contribution in [-0.4, -0.2) is 29.1 Å². The first-order valence-electron chi connectivity index (χ1n) is 4.38. The maximum Gasteiger partial charge on any atom is 0.354 e. The topological polar surface area (TPSA) is 76.5 Å². The highest BCUT2D eigenvalue weighted by Crippen LogP contribution is 2.00. The smallest absolute Gasteiger partial charge is 0.354 e. The van der Waals surface area contributed by atoms with Gasteiger partial charge in [0.1, 0.15) is 12.1 Å².